The summed E-state index contributed by atoms with van der Waals surface area (Å²) in [4.78, 5) is 3.92. The van der Waals surface area contributed by atoms with Crippen molar-refractivity contribution in [2.75, 3.05) is 0 Å². The van der Waals surface area contributed by atoms with Crippen molar-refractivity contribution >= 4 is 10.9 Å². The summed E-state index contributed by atoms with van der Waals surface area (Å²) in [5.74, 6) is -1.18. The number of fused-ring (bicyclic) bond motifs is 1. The van der Waals surface area contributed by atoms with Crippen molar-refractivity contribution < 1.29 is 8.78 Å². The summed E-state index contributed by atoms with van der Waals surface area (Å²) in [6.45, 7) is 3.54. The Labute approximate surface area is 86.8 Å². The number of halogens is 2. The summed E-state index contributed by atoms with van der Waals surface area (Å²) in [7, 11) is 0. The third-order valence-corrected chi connectivity index (χ3v) is 2.41. The highest BCUT2D eigenvalue weighted by atomic mass is 19.1. The summed E-state index contributed by atoms with van der Waals surface area (Å²) in [6, 6.07) is 4.55. The molecule has 0 radical (unpaired) electrons. The highest BCUT2D eigenvalue weighted by Gasteiger charge is 2.16. The predicted molar refractivity (Wildman–Crippen MR) is 55.7 cm³/mol. The Balaban J connectivity index is 2.84. The molecule has 15 heavy (non-hydrogen) atoms. The first kappa shape index (κ1) is 10.0. The lowest BCUT2D eigenvalue weighted by Gasteiger charge is -2.10. The van der Waals surface area contributed by atoms with Crippen LogP contribution in [0.2, 0.25) is 0 Å². The molecule has 0 amide bonds. The van der Waals surface area contributed by atoms with Crippen LogP contribution in [0, 0.1) is 11.6 Å². The first-order valence-electron chi connectivity index (χ1n) is 4.84. The molecule has 0 bridgehead atoms. The monoisotopic (exact) mass is 207 g/mol. The number of hydrogen-bond donors (Lipinski definition) is 0. The summed E-state index contributed by atoms with van der Waals surface area (Å²) >= 11 is 0. The molecular weight excluding hydrogens is 196 g/mol. The largest absolute Gasteiger partial charge is 0.256 e. The lowest BCUT2D eigenvalue weighted by Crippen LogP contribution is -1.99. The number of hydrogen-bond acceptors (Lipinski definition) is 1. The molecule has 0 saturated heterocycles. The molecule has 1 heterocycles. The Morgan fingerprint density at radius 2 is 2.00 bits per heavy atom. The van der Waals surface area contributed by atoms with Crippen LogP contribution in [-0.4, -0.2) is 4.98 Å². The van der Waals surface area contributed by atoms with E-state index in [0.717, 1.165) is 0 Å². The Hall–Kier alpha value is -1.51. The Morgan fingerprint density at radius 1 is 1.27 bits per heavy atom. The maximum absolute atomic E-state index is 13.9. The van der Waals surface area contributed by atoms with Gasteiger partial charge in [0.25, 0.3) is 0 Å². The zero-order chi connectivity index (χ0) is 11.0. The Bertz CT molecular complexity index is 506. The summed E-state index contributed by atoms with van der Waals surface area (Å²) < 4.78 is 27.5. The topological polar surface area (TPSA) is 12.9 Å². The predicted octanol–water partition coefficient (Wildman–Crippen LogP) is 3.64. The summed E-state index contributed by atoms with van der Waals surface area (Å²) in [6.07, 6.45) is 1.52. The van der Waals surface area contributed by atoms with Crippen LogP contribution in [0.3, 0.4) is 0 Å². The van der Waals surface area contributed by atoms with Crippen LogP contribution in [0.5, 0.6) is 0 Å². The molecule has 2 aromatic rings. The maximum atomic E-state index is 13.9. The van der Waals surface area contributed by atoms with Crippen molar-refractivity contribution in [3.8, 4) is 0 Å². The molecule has 0 N–H and O–H groups in total. The molecule has 0 spiro atoms. The molecule has 0 aliphatic carbocycles. The lowest BCUT2D eigenvalue weighted by atomic mass is 9.99. The van der Waals surface area contributed by atoms with E-state index in [9.17, 15) is 8.78 Å². The van der Waals surface area contributed by atoms with Crippen molar-refractivity contribution in [1.82, 2.24) is 4.98 Å². The number of pyridine rings is 1. The number of benzene rings is 1. The zero-order valence-corrected chi connectivity index (χ0v) is 8.59. The van der Waals surface area contributed by atoms with E-state index >= 15 is 0 Å². The van der Waals surface area contributed by atoms with Crippen LogP contribution in [0.15, 0.2) is 24.4 Å². The first-order valence-corrected chi connectivity index (χ1v) is 4.84. The van der Waals surface area contributed by atoms with Gasteiger partial charge in [0, 0.05) is 23.2 Å². The van der Waals surface area contributed by atoms with Gasteiger partial charge in [0.1, 0.15) is 11.6 Å². The quantitative estimate of drug-likeness (QED) is 0.695. The molecule has 78 valence electrons. The van der Waals surface area contributed by atoms with Crippen LogP contribution in [0.4, 0.5) is 8.78 Å². The van der Waals surface area contributed by atoms with E-state index in [2.05, 4.69) is 4.98 Å². The minimum absolute atomic E-state index is 0.135. The lowest BCUT2D eigenvalue weighted by molar-refractivity contribution is 0.549. The number of nitrogens with zero attached hydrogens (tertiary/aromatic N) is 1. The van der Waals surface area contributed by atoms with Gasteiger partial charge < -0.3 is 0 Å². The fraction of sp³-hybridized carbons (Fsp3) is 0.250. The van der Waals surface area contributed by atoms with Gasteiger partial charge in [-0.1, -0.05) is 13.8 Å². The van der Waals surface area contributed by atoms with Crippen molar-refractivity contribution in [3.63, 3.8) is 0 Å². The van der Waals surface area contributed by atoms with Gasteiger partial charge in [-0.05, 0) is 18.1 Å². The van der Waals surface area contributed by atoms with Gasteiger partial charge in [0.2, 0.25) is 0 Å². The van der Waals surface area contributed by atoms with E-state index < -0.39 is 11.6 Å². The van der Waals surface area contributed by atoms with Gasteiger partial charge in [-0.25, -0.2) is 8.78 Å². The molecule has 0 unspecified atom stereocenters. The summed E-state index contributed by atoms with van der Waals surface area (Å²) in [5.41, 5.74) is 0.493. The minimum atomic E-state index is -0.520. The van der Waals surface area contributed by atoms with Crippen molar-refractivity contribution in [3.05, 3.63) is 41.6 Å². The van der Waals surface area contributed by atoms with Gasteiger partial charge in [0.05, 0.1) is 5.52 Å². The molecule has 0 fully saturated rings. The normalized spacial score (nSPS) is 11.3. The second kappa shape index (κ2) is 3.57. The third-order valence-electron chi connectivity index (χ3n) is 2.41. The molecule has 3 heteroatoms. The van der Waals surface area contributed by atoms with Gasteiger partial charge in [-0.3, -0.25) is 4.98 Å². The van der Waals surface area contributed by atoms with Gasteiger partial charge in [0.15, 0.2) is 0 Å². The second-order valence-corrected chi connectivity index (χ2v) is 3.81. The van der Waals surface area contributed by atoms with Crippen molar-refractivity contribution in [2.45, 2.75) is 19.8 Å². The van der Waals surface area contributed by atoms with Crippen LogP contribution in [0.1, 0.15) is 25.3 Å². The first-order chi connectivity index (χ1) is 7.11. The number of aromatic nitrogens is 1. The molecule has 0 saturated carbocycles. The average Bonchev–Trinajstić information content (AvgIpc) is 2.17. The van der Waals surface area contributed by atoms with Crippen molar-refractivity contribution in [1.29, 1.82) is 0 Å². The van der Waals surface area contributed by atoms with Crippen LogP contribution in [-0.2, 0) is 0 Å². The molecule has 0 aliphatic heterocycles. The number of rotatable bonds is 1. The highest BCUT2D eigenvalue weighted by molar-refractivity contribution is 5.80. The van der Waals surface area contributed by atoms with Gasteiger partial charge >= 0.3 is 0 Å². The zero-order valence-electron chi connectivity index (χ0n) is 8.59. The summed E-state index contributed by atoms with van der Waals surface area (Å²) in [5, 5.41) is 0.377. The van der Waals surface area contributed by atoms with Gasteiger partial charge in [-0.2, -0.15) is 0 Å². The van der Waals surface area contributed by atoms with E-state index in [1.54, 1.807) is 26.0 Å². The van der Waals surface area contributed by atoms with Gasteiger partial charge in [-0.15, -0.1) is 0 Å². The average molecular weight is 207 g/mol. The molecule has 1 aromatic heterocycles. The standard InChI is InChI=1S/C12H11F2N/c1-7(2)11-9(13)6-10-8(12(11)14)4-3-5-15-10/h3-7H,1-2H3. The van der Waals surface area contributed by atoms with Crippen molar-refractivity contribution in [2.24, 2.45) is 0 Å². The molecule has 0 aliphatic rings. The molecule has 0 atom stereocenters. The second-order valence-electron chi connectivity index (χ2n) is 3.81. The van der Waals surface area contributed by atoms with E-state index in [1.165, 1.54) is 12.3 Å². The third kappa shape index (κ3) is 1.58. The molecular formula is C12H11F2N. The fourth-order valence-electron chi connectivity index (χ4n) is 1.70. The van der Waals surface area contributed by atoms with E-state index in [1.807, 2.05) is 0 Å². The van der Waals surface area contributed by atoms with Crippen LogP contribution < -0.4 is 0 Å². The van der Waals surface area contributed by atoms with Crippen LogP contribution in [0.25, 0.3) is 10.9 Å². The molecule has 2 rings (SSSR count). The SMILES string of the molecule is CC(C)c1c(F)cc2ncccc2c1F. The Morgan fingerprint density at radius 3 is 2.67 bits per heavy atom. The maximum Gasteiger partial charge on any atom is 0.138 e. The Kier molecular flexibility index (Phi) is 2.39. The molecule has 1 nitrogen and oxygen atoms in total. The highest BCUT2D eigenvalue weighted by Crippen LogP contribution is 2.27. The molecule has 1 aromatic carbocycles. The minimum Gasteiger partial charge on any atom is -0.256 e. The van der Waals surface area contributed by atoms with E-state index in [4.69, 9.17) is 0 Å². The van der Waals surface area contributed by atoms with Crippen LogP contribution >= 0.6 is 0 Å². The van der Waals surface area contributed by atoms with E-state index in [0.29, 0.717) is 10.9 Å². The van der Waals surface area contributed by atoms with E-state index in [-0.39, 0.29) is 11.5 Å². The smallest absolute Gasteiger partial charge is 0.138 e. The fourth-order valence-corrected chi connectivity index (χ4v) is 1.70.